The van der Waals surface area contributed by atoms with Crippen LogP contribution in [0.25, 0.3) is 11.0 Å². The SMILES string of the molecule is CN(C)C=Nc1nn(C)c2nc(N(C)C)nc(N)c12. The van der Waals surface area contributed by atoms with Crippen LogP contribution >= 0.6 is 0 Å². The Kier molecular flexibility index (Phi) is 3.24. The van der Waals surface area contributed by atoms with Crippen LogP contribution in [0.5, 0.6) is 0 Å². The number of fused-ring (bicyclic) bond motifs is 1. The predicted octanol–water partition coefficient (Wildman–Crippen LogP) is 0.233. The molecule has 102 valence electrons. The average Bonchev–Trinajstić information content (AvgIpc) is 2.64. The van der Waals surface area contributed by atoms with Gasteiger partial charge in [0.05, 0.1) is 6.34 Å². The highest BCUT2D eigenvalue weighted by atomic mass is 15.3. The lowest BCUT2D eigenvalue weighted by Gasteiger charge is -2.10. The molecule has 8 heteroatoms. The van der Waals surface area contributed by atoms with Gasteiger partial charge in [-0.3, -0.25) is 0 Å². The topological polar surface area (TPSA) is 88.5 Å². The van der Waals surface area contributed by atoms with Gasteiger partial charge in [-0.25, -0.2) is 9.67 Å². The predicted molar refractivity (Wildman–Crippen MR) is 76.9 cm³/mol. The van der Waals surface area contributed by atoms with E-state index in [-0.39, 0.29) is 0 Å². The van der Waals surface area contributed by atoms with E-state index in [0.29, 0.717) is 28.6 Å². The van der Waals surface area contributed by atoms with Crippen LogP contribution in [0.4, 0.5) is 17.6 Å². The first-order valence-electron chi connectivity index (χ1n) is 5.78. The summed E-state index contributed by atoms with van der Waals surface area (Å²) in [5, 5.41) is 4.99. The molecular formula is C11H18N8. The first kappa shape index (κ1) is 13.1. The maximum atomic E-state index is 6.00. The molecule has 0 fully saturated rings. The van der Waals surface area contributed by atoms with Crippen LogP contribution in [0.15, 0.2) is 4.99 Å². The lowest BCUT2D eigenvalue weighted by atomic mass is 10.3. The van der Waals surface area contributed by atoms with Crippen molar-refractivity contribution >= 4 is 35.0 Å². The van der Waals surface area contributed by atoms with Gasteiger partial charge in [0.15, 0.2) is 11.5 Å². The molecule has 0 saturated carbocycles. The summed E-state index contributed by atoms with van der Waals surface area (Å²) in [6.45, 7) is 0. The summed E-state index contributed by atoms with van der Waals surface area (Å²) in [4.78, 5) is 16.6. The molecule has 8 nitrogen and oxygen atoms in total. The fourth-order valence-electron chi connectivity index (χ4n) is 1.60. The molecule has 0 aliphatic heterocycles. The molecule has 2 aromatic rings. The molecular weight excluding hydrogens is 244 g/mol. The van der Waals surface area contributed by atoms with Crippen molar-refractivity contribution in [2.75, 3.05) is 38.8 Å². The number of nitrogens with two attached hydrogens (primary N) is 1. The van der Waals surface area contributed by atoms with Crippen molar-refractivity contribution in [2.45, 2.75) is 0 Å². The van der Waals surface area contributed by atoms with Crippen LogP contribution in [0, 0.1) is 0 Å². The number of anilines is 2. The molecule has 0 aliphatic rings. The fraction of sp³-hybridized carbons (Fsp3) is 0.455. The van der Waals surface area contributed by atoms with E-state index in [1.54, 1.807) is 15.9 Å². The van der Waals surface area contributed by atoms with Gasteiger partial charge < -0.3 is 15.5 Å². The number of aryl methyl sites for hydroxylation is 1. The van der Waals surface area contributed by atoms with Crippen molar-refractivity contribution in [3.05, 3.63) is 0 Å². The summed E-state index contributed by atoms with van der Waals surface area (Å²) in [7, 11) is 9.31. The summed E-state index contributed by atoms with van der Waals surface area (Å²) < 4.78 is 1.66. The zero-order valence-corrected chi connectivity index (χ0v) is 11.8. The normalized spacial score (nSPS) is 11.4. The first-order chi connectivity index (χ1) is 8.90. The quantitative estimate of drug-likeness (QED) is 0.629. The second-order valence-electron chi connectivity index (χ2n) is 4.66. The van der Waals surface area contributed by atoms with Crippen molar-refractivity contribution in [3.8, 4) is 0 Å². The van der Waals surface area contributed by atoms with Crippen molar-refractivity contribution in [1.29, 1.82) is 0 Å². The van der Waals surface area contributed by atoms with Crippen LogP contribution in [0.3, 0.4) is 0 Å². The third-order valence-electron chi connectivity index (χ3n) is 2.49. The Balaban J connectivity index is 2.64. The van der Waals surface area contributed by atoms with Gasteiger partial charge in [-0.2, -0.15) is 15.1 Å². The number of nitrogens with zero attached hydrogens (tertiary/aromatic N) is 7. The van der Waals surface area contributed by atoms with Crippen LogP contribution in [0.2, 0.25) is 0 Å². The molecule has 0 aliphatic carbocycles. The lowest BCUT2D eigenvalue weighted by Crippen LogP contribution is -2.14. The molecule has 0 unspecified atom stereocenters. The Morgan fingerprint density at radius 3 is 2.47 bits per heavy atom. The zero-order chi connectivity index (χ0) is 14.2. The Bertz CT molecular complexity index is 625. The van der Waals surface area contributed by atoms with Crippen LogP contribution in [-0.4, -0.2) is 59.2 Å². The molecule has 2 aromatic heterocycles. The number of nitrogen functional groups attached to an aromatic ring is 1. The zero-order valence-electron chi connectivity index (χ0n) is 11.8. The molecule has 2 heterocycles. The summed E-state index contributed by atoms with van der Waals surface area (Å²) in [5.74, 6) is 1.46. The van der Waals surface area contributed by atoms with Gasteiger partial charge in [0.25, 0.3) is 0 Å². The van der Waals surface area contributed by atoms with Gasteiger partial charge in [-0.15, -0.1) is 0 Å². The number of rotatable bonds is 3. The van der Waals surface area contributed by atoms with Crippen LogP contribution in [-0.2, 0) is 7.05 Å². The molecule has 0 aromatic carbocycles. The summed E-state index contributed by atoms with van der Waals surface area (Å²) >= 11 is 0. The van der Waals surface area contributed by atoms with E-state index < -0.39 is 0 Å². The van der Waals surface area contributed by atoms with Crippen LogP contribution < -0.4 is 10.6 Å². The number of aliphatic imine (C=N–C) groups is 1. The Hall–Kier alpha value is -2.38. The molecule has 0 amide bonds. The van der Waals surface area contributed by atoms with Gasteiger partial charge in [-0.05, 0) is 0 Å². The minimum absolute atomic E-state index is 0.382. The standard InChI is InChI=1S/C11H18N8/c1-17(2)6-13-9-7-8(12)14-11(18(3)4)15-10(7)19(5)16-9/h6H,1-5H3,(H2,12,14,15). The van der Waals surface area contributed by atoms with Gasteiger partial charge in [-0.1, -0.05) is 0 Å². The van der Waals surface area contributed by atoms with Crippen molar-refractivity contribution < 1.29 is 0 Å². The second kappa shape index (κ2) is 4.71. The van der Waals surface area contributed by atoms with E-state index in [1.807, 2.05) is 40.1 Å². The maximum absolute atomic E-state index is 6.00. The lowest BCUT2D eigenvalue weighted by molar-refractivity contribution is 0.642. The molecule has 19 heavy (non-hydrogen) atoms. The first-order valence-corrected chi connectivity index (χ1v) is 5.78. The molecule has 0 spiro atoms. The van der Waals surface area contributed by atoms with Gasteiger partial charge in [0, 0.05) is 35.2 Å². The van der Waals surface area contributed by atoms with Gasteiger partial charge in [0.1, 0.15) is 11.2 Å². The van der Waals surface area contributed by atoms with E-state index in [4.69, 9.17) is 5.73 Å². The summed E-state index contributed by atoms with van der Waals surface area (Å²) in [6.07, 6.45) is 1.67. The third-order valence-corrected chi connectivity index (χ3v) is 2.49. The maximum Gasteiger partial charge on any atom is 0.228 e. The van der Waals surface area contributed by atoms with Crippen molar-refractivity contribution in [1.82, 2.24) is 24.6 Å². The van der Waals surface area contributed by atoms with E-state index in [1.165, 1.54) is 0 Å². The third kappa shape index (κ3) is 2.42. The minimum Gasteiger partial charge on any atom is -0.383 e. The van der Waals surface area contributed by atoms with Gasteiger partial charge >= 0.3 is 0 Å². The highest BCUT2D eigenvalue weighted by molar-refractivity contribution is 5.96. The van der Waals surface area contributed by atoms with E-state index >= 15 is 0 Å². The monoisotopic (exact) mass is 262 g/mol. The minimum atomic E-state index is 0.382. The molecule has 2 rings (SSSR count). The average molecular weight is 262 g/mol. The molecule has 2 N–H and O–H groups in total. The molecule has 0 bridgehead atoms. The highest BCUT2D eigenvalue weighted by Crippen LogP contribution is 2.28. The molecule has 0 radical (unpaired) electrons. The van der Waals surface area contributed by atoms with E-state index in [0.717, 1.165) is 0 Å². The second-order valence-corrected chi connectivity index (χ2v) is 4.66. The number of hydrogen-bond acceptors (Lipinski definition) is 6. The summed E-state index contributed by atoms with van der Waals surface area (Å²) in [6, 6.07) is 0. The fourth-order valence-corrected chi connectivity index (χ4v) is 1.60. The smallest absolute Gasteiger partial charge is 0.228 e. The highest BCUT2D eigenvalue weighted by Gasteiger charge is 2.15. The van der Waals surface area contributed by atoms with Gasteiger partial charge in [0.2, 0.25) is 5.95 Å². The Labute approximate surface area is 111 Å². The Morgan fingerprint density at radius 1 is 1.21 bits per heavy atom. The Morgan fingerprint density at radius 2 is 1.89 bits per heavy atom. The van der Waals surface area contributed by atoms with E-state index in [9.17, 15) is 0 Å². The van der Waals surface area contributed by atoms with Crippen LogP contribution in [0.1, 0.15) is 0 Å². The van der Waals surface area contributed by atoms with Crippen molar-refractivity contribution in [2.24, 2.45) is 12.0 Å². The molecule has 0 saturated heterocycles. The number of hydrogen-bond donors (Lipinski definition) is 1. The largest absolute Gasteiger partial charge is 0.383 e. The number of aromatic nitrogens is 4. The molecule has 0 atom stereocenters. The summed E-state index contributed by atoms with van der Waals surface area (Å²) in [5.41, 5.74) is 6.67. The van der Waals surface area contributed by atoms with E-state index in [2.05, 4.69) is 20.1 Å². The van der Waals surface area contributed by atoms with Crippen molar-refractivity contribution in [3.63, 3.8) is 0 Å².